The van der Waals surface area contributed by atoms with E-state index in [1.807, 2.05) is 54.7 Å². The molecule has 0 atom stereocenters. The van der Waals surface area contributed by atoms with Crippen molar-refractivity contribution in [2.24, 2.45) is 0 Å². The topological polar surface area (TPSA) is 82.7 Å². The van der Waals surface area contributed by atoms with Gasteiger partial charge in [0.15, 0.2) is 0 Å². The largest absolute Gasteiger partial charge is 0.383 e. The van der Waals surface area contributed by atoms with Crippen LogP contribution in [0.15, 0.2) is 54.7 Å². The molecule has 0 aliphatic heterocycles. The van der Waals surface area contributed by atoms with Gasteiger partial charge in [-0.1, -0.05) is 30.0 Å². The van der Waals surface area contributed by atoms with E-state index >= 15 is 0 Å². The predicted octanol–water partition coefficient (Wildman–Crippen LogP) is 2.80. The van der Waals surface area contributed by atoms with Gasteiger partial charge in [0.05, 0.1) is 17.6 Å². The van der Waals surface area contributed by atoms with Crippen molar-refractivity contribution in [1.29, 1.82) is 0 Å². The van der Waals surface area contributed by atoms with Crippen molar-refractivity contribution in [2.45, 2.75) is 6.54 Å². The molecule has 0 saturated heterocycles. The summed E-state index contributed by atoms with van der Waals surface area (Å²) in [5.41, 5.74) is 14.5. The summed E-state index contributed by atoms with van der Waals surface area (Å²) in [5, 5.41) is 1.81. The number of rotatable bonds is 1. The molecule has 4 rings (SSSR count). The van der Waals surface area contributed by atoms with Crippen LogP contribution >= 0.6 is 0 Å². The van der Waals surface area contributed by atoms with Crippen molar-refractivity contribution in [3.63, 3.8) is 0 Å². The average molecular weight is 313 g/mol. The first kappa shape index (κ1) is 14.1. The summed E-state index contributed by atoms with van der Waals surface area (Å²) < 4.78 is 2.08. The lowest BCUT2D eigenvalue weighted by Crippen LogP contribution is -2.01. The third kappa shape index (κ3) is 2.40. The number of fused-ring (bicyclic) bond motifs is 3. The van der Waals surface area contributed by atoms with Crippen LogP contribution in [0, 0.1) is 11.8 Å². The minimum absolute atomic E-state index is 0.184. The lowest BCUT2D eigenvalue weighted by Gasteiger charge is -2.05. The number of hydrogen-bond donors (Lipinski definition) is 2. The summed E-state index contributed by atoms with van der Waals surface area (Å²) in [5.74, 6) is 6.95. The van der Waals surface area contributed by atoms with Gasteiger partial charge in [-0.3, -0.25) is 0 Å². The van der Waals surface area contributed by atoms with E-state index in [0.29, 0.717) is 12.4 Å². The molecule has 2 aromatic heterocycles. The van der Waals surface area contributed by atoms with E-state index in [9.17, 15) is 0 Å². The van der Waals surface area contributed by atoms with Crippen LogP contribution in [0.5, 0.6) is 0 Å². The van der Waals surface area contributed by atoms with Crippen LogP contribution in [-0.4, -0.2) is 14.5 Å². The van der Waals surface area contributed by atoms with Crippen molar-refractivity contribution in [3.05, 3.63) is 60.3 Å². The first-order valence-corrected chi connectivity index (χ1v) is 7.57. The molecule has 0 aliphatic carbocycles. The summed E-state index contributed by atoms with van der Waals surface area (Å²) in [6.07, 6.45) is 2.00. The minimum Gasteiger partial charge on any atom is -0.383 e. The quantitative estimate of drug-likeness (QED) is 0.529. The highest BCUT2D eigenvalue weighted by Crippen LogP contribution is 2.27. The van der Waals surface area contributed by atoms with Gasteiger partial charge in [0.2, 0.25) is 5.95 Å². The normalized spacial score (nSPS) is 10.7. The summed E-state index contributed by atoms with van der Waals surface area (Å²) in [6, 6.07) is 15.9. The Morgan fingerprint density at radius 2 is 1.75 bits per heavy atom. The van der Waals surface area contributed by atoms with Crippen molar-refractivity contribution < 1.29 is 0 Å². The van der Waals surface area contributed by atoms with Gasteiger partial charge in [-0.2, -0.15) is 4.98 Å². The van der Waals surface area contributed by atoms with Crippen LogP contribution in [-0.2, 0) is 6.54 Å². The van der Waals surface area contributed by atoms with Crippen LogP contribution in [0.25, 0.3) is 21.8 Å². The monoisotopic (exact) mass is 313 g/mol. The van der Waals surface area contributed by atoms with Gasteiger partial charge < -0.3 is 16.0 Å². The van der Waals surface area contributed by atoms with Gasteiger partial charge in [-0.15, -0.1) is 0 Å². The fourth-order valence-corrected chi connectivity index (χ4v) is 2.79. The van der Waals surface area contributed by atoms with Gasteiger partial charge in [-0.05, 0) is 30.3 Å². The third-order valence-corrected chi connectivity index (χ3v) is 3.92. The molecule has 24 heavy (non-hydrogen) atoms. The lowest BCUT2D eigenvalue weighted by molar-refractivity contribution is 0.886. The van der Waals surface area contributed by atoms with Crippen LogP contribution < -0.4 is 11.5 Å². The Bertz CT molecular complexity index is 1100. The zero-order chi connectivity index (χ0) is 16.5. The molecule has 0 fully saturated rings. The highest BCUT2D eigenvalue weighted by Gasteiger charge is 2.09. The van der Waals surface area contributed by atoms with Crippen molar-refractivity contribution in [3.8, 4) is 11.8 Å². The van der Waals surface area contributed by atoms with Crippen molar-refractivity contribution in [2.75, 3.05) is 11.5 Å². The van der Waals surface area contributed by atoms with Crippen LogP contribution in [0.3, 0.4) is 0 Å². The number of hydrogen-bond acceptors (Lipinski definition) is 4. The van der Waals surface area contributed by atoms with E-state index < -0.39 is 0 Å². The van der Waals surface area contributed by atoms with Crippen LogP contribution in [0.2, 0.25) is 0 Å². The molecule has 116 valence electrons. The Labute approximate surface area is 138 Å². The van der Waals surface area contributed by atoms with Crippen molar-refractivity contribution >= 4 is 33.6 Å². The molecule has 0 spiro atoms. The second-order valence-corrected chi connectivity index (χ2v) is 5.47. The number of aromatic nitrogens is 3. The van der Waals surface area contributed by atoms with Gasteiger partial charge in [0.25, 0.3) is 0 Å². The third-order valence-electron chi connectivity index (χ3n) is 3.92. The van der Waals surface area contributed by atoms with Crippen LogP contribution in [0.4, 0.5) is 11.8 Å². The molecule has 0 aliphatic rings. The molecule has 0 saturated carbocycles. The average Bonchev–Trinajstić information content (AvgIpc) is 2.99. The van der Waals surface area contributed by atoms with E-state index in [4.69, 9.17) is 11.5 Å². The Morgan fingerprint density at radius 3 is 2.58 bits per heavy atom. The second kappa shape index (κ2) is 5.60. The molecule has 0 amide bonds. The Hall–Kier alpha value is -3.52. The number of benzene rings is 2. The van der Waals surface area contributed by atoms with Gasteiger partial charge in [-0.25, -0.2) is 4.98 Å². The standard InChI is InChI=1S/C19H15N5/c20-18-15-8-9-16-14(17(15)22-19(21)23-18)10-12-24(16)11-4-7-13-5-2-1-3-6-13/h1-3,5-6,8-10,12H,11H2,(H4,20,21,22,23). The number of anilines is 2. The maximum atomic E-state index is 5.94. The molecule has 4 aromatic rings. The zero-order valence-electron chi connectivity index (χ0n) is 12.9. The molecule has 0 unspecified atom stereocenters. The maximum absolute atomic E-state index is 5.94. The summed E-state index contributed by atoms with van der Waals surface area (Å²) in [7, 11) is 0. The fourth-order valence-electron chi connectivity index (χ4n) is 2.79. The van der Waals surface area contributed by atoms with Gasteiger partial charge in [0, 0.05) is 22.5 Å². The Morgan fingerprint density at radius 1 is 0.917 bits per heavy atom. The molecule has 5 nitrogen and oxygen atoms in total. The molecule has 5 heteroatoms. The highest BCUT2D eigenvalue weighted by atomic mass is 15.0. The van der Waals surface area contributed by atoms with Crippen molar-refractivity contribution in [1.82, 2.24) is 14.5 Å². The Balaban J connectivity index is 1.76. The van der Waals surface area contributed by atoms with Gasteiger partial charge in [0.1, 0.15) is 5.82 Å². The van der Waals surface area contributed by atoms with Gasteiger partial charge >= 0.3 is 0 Å². The molecule has 4 N–H and O–H groups in total. The Kier molecular flexibility index (Phi) is 3.29. The number of nitrogen functional groups attached to an aromatic ring is 2. The first-order chi connectivity index (χ1) is 11.7. The van der Waals surface area contributed by atoms with E-state index in [1.165, 1.54) is 0 Å². The van der Waals surface area contributed by atoms with E-state index in [0.717, 1.165) is 27.4 Å². The molecule has 0 radical (unpaired) electrons. The predicted molar refractivity (Wildman–Crippen MR) is 97.2 cm³/mol. The number of nitrogens with zero attached hydrogens (tertiary/aromatic N) is 3. The molecular formula is C19H15N5. The van der Waals surface area contributed by atoms with E-state index in [1.54, 1.807) is 0 Å². The number of nitrogens with two attached hydrogens (primary N) is 2. The second-order valence-electron chi connectivity index (χ2n) is 5.47. The van der Waals surface area contributed by atoms with E-state index in [-0.39, 0.29) is 5.95 Å². The zero-order valence-corrected chi connectivity index (χ0v) is 12.9. The molecule has 0 bridgehead atoms. The maximum Gasteiger partial charge on any atom is 0.222 e. The summed E-state index contributed by atoms with van der Waals surface area (Å²) in [4.78, 5) is 8.36. The SMILES string of the molecule is Nc1nc(N)c2ccc3c(ccn3CC#Cc3ccccc3)c2n1. The minimum atomic E-state index is 0.184. The molecular weight excluding hydrogens is 298 g/mol. The lowest BCUT2D eigenvalue weighted by atomic mass is 10.1. The van der Waals surface area contributed by atoms with E-state index in [2.05, 4.69) is 26.4 Å². The molecule has 2 heterocycles. The summed E-state index contributed by atoms with van der Waals surface area (Å²) in [6.45, 7) is 0.597. The summed E-state index contributed by atoms with van der Waals surface area (Å²) >= 11 is 0. The molecule has 2 aromatic carbocycles. The first-order valence-electron chi connectivity index (χ1n) is 7.57. The fraction of sp³-hybridized carbons (Fsp3) is 0.0526. The highest BCUT2D eigenvalue weighted by molar-refractivity contribution is 6.07. The smallest absolute Gasteiger partial charge is 0.222 e. The van der Waals surface area contributed by atoms with Crippen LogP contribution in [0.1, 0.15) is 5.56 Å².